The van der Waals surface area contributed by atoms with Crippen molar-refractivity contribution in [3.63, 3.8) is 0 Å². The molecule has 1 rings (SSSR count). The van der Waals surface area contributed by atoms with Crippen LogP contribution in [0.2, 0.25) is 0 Å². The third kappa shape index (κ3) is 6.86. The monoisotopic (exact) mass is 268 g/mol. The Kier molecular flexibility index (Phi) is 5.89. The lowest BCUT2D eigenvalue weighted by Crippen LogP contribution is -2.34. The maximum Gasteiger partial charge on any atom is 0.407 e. The van der Waals surface area contributed by atoms with Gasteiger partial charge in [-0.15, -0.1) is 0 Å². The van der Waals surface area contributed by atoms with Gasteiger partial charge in [0, 0.05) is 6.54 Å². The number of amides is 1. The fourth-order valence-electron chi connectivity index (χ4n) is 1.55. The Hall–Kier alpha value is -1.49. The maximum atomic E-state index is 11.4. The van der Waals surface area contributed by atoms with Crippen molar-refractivity contribution in [3.05, 3.63) is 24.2 Å². The van der Waals surface area contributed by atoms with Crippen molar-refractivity contribution in [2.75, 3.05) is 13.1 Å². The molecular formula is C14H24N2O3. The van der Waals surface area contributed by atoms with Crippen molar-refractivity contribution in [2.45, 2.75) is 45.8 Å². The predicted molar refractivity (Wildman–Crippen MR) is 74.0 cm³/mol. The predicted octanol–water partition coefficient (Wildman–Crippen LogP) is 2.85. The third-order valence-corrected chi connectivity index (χ3v) is 2.44. The summed E-state index contributed by atoms with van der Waals surface area (Å²) in [5.74, 6) is 0.917. The Balaban J connectivity index is 2.07. The lowest BCUT2D eigenvalue weighted by molar-refractivity contribution is 0.0527. The highest BCUT2D eigenvalue weighted by Gasteiger charge is 2.15. The summed E-state index contributed by atoms with van der Waals surface area (Å²) in [6.45, 7) is 8.97. The van der Waals surface area contributed by atoms with E-state index in [4.69, 9.17) is 9.15 Å². The van der Waals surface area contributed by atoms with Crippen LogP contribution >= 0.6 is 0 Å². The second-order valence-corrected chi connectivity index (χ2v) is 5.47. The van der Waals surface area contributed by atoms with Gasteiger partial charge in [-0.2, -0.15) is 0 Å². The van der Waals surface area contributed by atoms with Crippen molar-refractivity contribution >= 4 is 6.09 Å². The second-order valence-electron chi connectivity index (χ2n) is 5.47. The van der Waals surface area contributed by atoms with E-state index in [1.165, 1.54) is 0 Å². The van der Waals surface area contributed by atoms with Crippen LogP contribution in [0.4, 0.5) is 4.79 Å². The van der Waals surface area contributed by atoms with Gasteiger partial charge in [-0.1, -0.05) is 0 Å². The molecule has 1 aromatic rings. The molecule has 1 heterocycles. The number of alkyl carbamates (subject to hydrolysis) is 1. The molecular weight excluding hydrogens is 244 g/mol. The number of hydrogen-bond acceptors (Lipinski definition) is 4. The van der Waals surface area contributed by atoms with Gasteiger partial charge in [-0.05, 0) is 52.8 Å². The SMILES string of the molecule is C[C@@H](NCCCNC(=O)OC(C)(C)C)c1ccco1. The molecule has 1 aromatic heterocycles. The van der Waals surface area contributed by atoms with Crippen LogP contribution in [0.5, 0.6) is 0 Å². The molecule has 1 atom stereocenters. The molecule has 5 nitrogen and oxygen atoms in total. The van der Waals surface area contributed by atoms with E-state index in [0.717, 1.165) is 18.7 Å². The minimum Gasteiger partial charge on any atom is -0.468 e. The highest BCUT2D eigenvalue weighted by atomic mass is 16.6. The maximum absolute atomic E-state index is 11.4. The third-order valence-electron chi connectivity index (χ3n) is 2.44. The summed E-state index contributed by atoms with van der Waals surface area (Å²) in [5.41, 5.74) is -0.448. The van der Waals surface area contributed by atoms with Crippen LogP contribution in [0, 0.1) is 0 Å². The molecule has 108 valence electrons. The first-order chi connectivity index (χ1) is 8.88. The number of furan rings is 1. The van der Waals surface area contributed by atoms with Crippen LogP contribution in [0.1, 0.15) is 45.9 Å². The molecule has 0 aliphatic rings. The van der Waals surface area contributed by atoms with Crippen molar-refractivity contribution in [1.82, 2.24) is 10.6 Å². The minimum absolute atomic E-state index is 0.177. The van der Waals surface area contributed by atoms with Crippen LogP contribution in [0.3, 0.4) is 0 Å². The standard InChI is InChI=1S/C14H24N2O3/c1-11(12-7-5-10-18-12)15-8-6-9-16-13(17)19-14(2,3)4/h5,7,10-11,15H,6,8-9H2,1-4H3,(H,16,17)/t11-/m1/s1. The zero-order chi connectivity index (χ0) is 14.3. The molecule has 0 fully saturated rings. The summed E-state index contributed by atoms with van der Waals surface area (Å²) in [4.78, 5) is 11.4. The lowest BCUT2D eigenvalue weighted by atomic mass is 10.2. The molecule has 5 heteroatoms. The van der Waals surface area contributed by atoms with Crippen molar-refractivity contribution < 1.29 is 13.9 Å². The molecule has 0 saturated heterocycles. The molecule has 0 aromatic carbocycles. The number of carbonyl (C=O) groups is 1. The normalized spacial score (nSPS) is 13.1. The molecule has 0 saturated carbocycles. The van der Waals surface area contributed by atoms with E-state index in [0.29, 0.717) is 6.54 Å². The van der Waals surface area contributed by atoms with Gasteiger partial charge < -0.3 is 19.8 Å². The molecule has 1 amide bonds. The topological polar surface area (TPSA) is 63.5 Å². The molecule has 0 unspecified atom stereocenters. The Morgan fingerprint density at radius 1 is 1.42 bits per heavy atom. The highest BCUT2D eigenvalue weighted by Crippen LogP contribution is 2.11. The van der Waals surface area contributed by atoms with Crippen LogP contribution in [-0.2, 0) is 4.74 Å². The number of rotatable bonds is 6. The number of nitrogens with one attached hydrogen (secondary N) is 2. The van der Waals surface area contributed by atoms with E-state index in [9.17, 15) is 4.79 Å². The van der Waals surface area contributed by atoms with E-state index in [1.807, 2.05) is 39.8 Å². The van der Waals surface area contributed by atoms with E-state index >= 15 is 0 Å². The minimum atomic E-state index is -0.448. The molecule has 0 aliphatic heterocycles. The van der Waals surface area contributed by atoms with Gasteiger partial charge in [0.2, 0.25) is 0 Å². The average molecular weight is 268 g/mol. The number of hydrogen-bond donors (Lipinski definition) is 2. The molecule has 2 N–H and O–H groups in total. The van der Waals surface area contributed by atoms with E-state index in [1.54, 1.807) is 6.26 Å². The Morgan fingerprint density at radius 3 is 2.74 bits per heavy atom. The van der Waals surface area contributed by atoms with Gasteiger partial charge in [0.15, 0.2) is 0 Å². The van der Waals surface area contributed by atoms with Crippen LogP contribution in [-0.4, -0.2) is 24.8 Å². The zero-order valence-corrected chi connectivity index (χ0v) is 12.2. The summed E-state index contributed by atoms with van der Waals surface area (Å²) in [5, 5.41) is 6.04. The molecule has 0 radical (unpaired) electrons. The summed E-state index contributed by atoms with van der Waals surface area (Å²) in [6.07, 6.45) is 2.13. The Labute approximate surface area is 114 Å². The fraction of sp³-hybridized carbons (Fsp3) is 0.643. The number of ether oxygens (including phenoxy) is 1. The van der Waals surface area contributed by atoms with Gasteiger partial charge in [0.1, 0.15) is 11.4 Å². The molecule has 0 aliphatic carbocycles. The van der Waals surface area contributed by atoms with Crippen LogP contribution in [0.15, 0.2) is 22.8 Å². The highest BCUT2D eigenvalue weighted by molar-refractivity contribution is 5.67. The molecule has 0 bridgehead atoms. The first-order valence-electron chi connectivity index (χ1n) is 6.62. The molecule has 19 heavy (non-hydrogen) atoms. The summed E-state index contributed by atoms with van der Waals surface area (Å²) < 4.78 is 10.4. The van der Waals surface area contributed by atoms with Crippen molar-refractivity contribution in [1.29, 1.82) is 0 Å². The van der Waals surface area contributed by atoms with Gasteiger partial charge in [0.25, 0.3) is 0 Å². The summed E-state index contributed by atoms with van der Waals surface area (Å²) >= 11 is 0. The number of carbonyl (C=O) groups excluding carboxylic acids is 1. The second kappa shape index (κ2) is 7.19. The Morgan fingerprint density at radius 2 is 2.16 bits per heavy atom. The zero-order valence-electron chi connectivity index (χ0n) is 12.2. The summed E-state index contributed by atoms with van der Waals surface area (Å²) in [7, 11) is 0. The van der Waals surface area contributed by atoms with Gasteiger partial charge in [-0.3, -0.25) is 0 Å². The van der Waals surface area contributed by atoms with Gasteiger partial charge >= 0.3 is 6.09 Å². The largest absolute Gasteiger partial charge is 0.468 e. The van der Waals surface area contributed by atoms with Gasteiger partial charge in [0.05, 0.1) is 12.3 Å². The molecule has 0 spiro atoms. The first-order valence-corrected chi connectivity index (χ1v) is 6.62. The van der Waals surface area contributed by atoms with Crippen LogP contribution < -0.4 is 10.6 Å². The lowest BCUT2D eigenvalue weighted by Gasteiger charge is -2.19. The van der Waals surface area contributed by atoms with Crippen LogP contribution in [0.25, 0.3) is 0 Å². The Bertz CT molecular complexity index is 369. The fourth-order valence-corrected chi connectivity index (χ4v) is 1.55. The first kappa shape index (κ1) is 15.6. The smallest absolute Gasteiger partial charge is 0.407 e. The summed E-state index contributed by atoms with van der Waals surface area (Å²) in [6, 6.07) is 3.99. The van der Waals surface area contributed by atoms with E-state index < -0.39 is 5.60 Å². The van der Waals surface area contributed by atoms with E-state index in [-0.39, 0.29) is 12.1 Å². The van der Waals surface area contributed by atoms with Crippen molar-refractivity contribution in [2.24, 2.45) is 0 Å². The van der Waals surface area contributed by atoms with Gasteiger partial charge in [-0.25, -0.2) is 4.79 Å². The quantitative estimate of drug-likeness (QED) is 0.779. The van der Waals surface area contributed by atoms with E-state index in [2.05, 4.69) is 10.6 Å². The van der Waals surface area contributed by atoms with Crippen molar-refractivity contribution in [3.8, 4) is 0 Å². The average Bonchev–Trinajstić information content (AvgIpc) is 2.79.